The fraction of sp³-hybridized carbons (Fsp3) is 0.263. The van der Waals surface area contributed by atoms with Crippen LogP contribution in [0, 0.1) is 6.92 Å². The van der Waals surface area contributed by atoms with E-state index in [9.17, 15) is 0 Å². The number of carboxylic acids is 2. The predicted molar refractivity (Wildman–Crippen MR) is 92.8 cm³/mol. The van der Waals surface area contributed by atoms with Crippen molar-refractivity contribution in [3.8, 4) is 0 Å². The van der Waals surface area contributed by atoms with E-state index in [-0.39, 0.29) is 0 Å². The highest BCUT2D eigenvalue weighted by Gasteiger charge is 2.04. The third kappa shape index (κ3) is 7.56. The molecule has 0 saturated heterocycles. The molecule has 2 aromatic carbocycles. The van der Waals surface area contributed by atoms with Crippen LogP contribution in [0.5, 0.6) is 0 Å². The monoisotopic (exact) mass is 329 g/mol. The Bertz CT molecular complexity index is 636. The van der Waals surface area contributed by atoms with Crippen molar-refractivity contribution in [2.45, 2.75) is 33.4 Å². The molecule has 0 aliphatic heterocycles. The smallest absolute Gasteiger partial charge is 0.414 e. The van der Waals surface area contributed by atoms with E-state index in [2.05, 4.69) is 67.7 Å². The molecular formula is C19H23NO4. The van der Waals surface area contributed by atoms with Crippen molar-refractivity contribution >= 4 is 11.9 Å². The Morgan fingerprint density at radius 2 is 1.17 bits per heavy atom. The highest BCUT2D eigenvalue weighted by Crippen LogP contribution is 2.06. The largest absolute Gasteiger partial charge is 0.473 e. The zero-order valence-electron chi connectivity index (χ0n) is 14.0. The first kappa shape index (κ1) is 19.4. The number of aliphatic carboxylic acids is 2. The Labute approximate surface area is 142 Å². The minimum Gasteiger partial charge on any atom is -0.473 e. The molecule has 0 spiro atoms. The fourth-order valence-corrected chi connectivity index (χ4v) is 1.95. The van der Waals surface area contributed by atoms with Crippen LogP contribution in [0.15, 0.2) is 48.5 Å². The van der Waals surface area contributed by atoms with Gasteiger partial charge in [0.05, 0.1) is 0 Å². The Kier molecular flexibility index (Phi) is 8.22. The molecule has 0 bridgehead atoms. The lowest BCUT2D eigenvalue weighted by Gasteiger charge is -2.06. The lowest BCUT2D eigenvalue weighted by Crippen LogP contribution is -2.12. The molecule has 0 unspecified atom stereocenters. The van der Waals surface area contributed by atoms with Crippen molar-refractivity contribution in [2.75, 3.05) is 0 Å². The van der Waals surface area contributed by atoms with E-state index in [1.807, 2.05) is 0 Å². The zero-order valence-corrected chi connectivity index (χ0v) is 14.0. The molecule has 2 rings (SSSR count). The first-order valence-corrected chi connectivity index (χ1v) is 7.72. The van der Waals surface area contributed by atoms with Gasteiger partial charge in [-0.05, 0) is 30.0 Å². The van der Waals surface area contributed by atoms with Gasteiger partial charge in [0, 0.05) is 13.1 Å². The number of benzene rings is 2. The molecule has 0 amide bonds. The van der Waals surface area contributed by atoms with E-state index in [4.69, 9.17) is 19.8 Å². The molecule has 0 aliphatic carbocycles. The molecule has 0 aliphatic rings. The van der Waals surface area contributed by atoms with Crippen LogP contribution >= 0.6 is 0 Å². The van der Waals surface area contributed by atoms with Crippen LogP contribution in [0.25, 0.3) is 0 Å². The number of carbonyl (C=O) groups is 2. The molecule has 3 N–H and O–H groups in total. The maximum Gasteiger partial charge on any atom is 0.414 e. The van der Waals surface area contributed by atoms with E-state index < -0.39 is 11.9 Å². The molecule has 5 heteroatoms. The summed E-state index contributed by atoms with van der Waals surface area (Å²) in [6, 6.07) is 17.5. The Hall–Kier alpha value is -2.66. The quantitative estimate of drug-likeness (QED) is 0.734. The van der Waals surface area contributed by atoms with Gasteiger partial charge >= 0.3 is 11.9 Å². The summed E-state index contributed by atoms with van der Waals surface area (Å²) in [5.74, 6) is -3.65. The first-order valence-electron chi connectivity index (χ1n) is 7.72. The maximum absolute atomic E-state index is 9.10. The summed E-state index contributed by atoms with van der Waals surface area (Å²) >= 11 is 0. The Balaban J connectivity index is 0.000000413. The van der Waals surface area contributed by atoms with Crippen molar-refractivity contribution in [3.63, 3.8) is 0 Å². The lowest BCUT2D eigenvalue weighted by molar-refractivity contribution is -0.159. The number of nitrogens with one attached hydrogen (secondary N) is 1. The van der Waals surface area contributed by atoms with Crippen LogP contribution in [-0.4, -0.2) is 22.2 Å². The summed E-state index contributed by atoms with van der Waals surface area (Å²) < 4.78 is 0. The minimum atomic E-state index is -1.82. The second kappa shape index (κ2) is 10.2. The number of rotatable bonds is 5. The summed E-state index contributed by atoms with van der Waals surface area (Å²) in [4.78, 5) is 18.2. The molecular weight excluding hydrogens is 306 g/mol. The topological polar surface area (TPSA) is 86.6 Å². The van der Waals surface area contributed by atoms with Crippen molar-refractivity contribution in [1.29, 1.82) is 0 Å². The van der Waals surface area contributed by atoms with Gasteiger partial charge in [0.1, 0.15) is 0 Å². The molecule has 5 nitrogen and oxygen atoms in total. The van der Waals surface area contributed by atoms with Gasteiger partial charge in [-0.25, -0.2) is 9.59 Å². The predicted octanol–water partition coefficient (Wildman–Crippen LogP) is 3.00. The fourth-order valence-electron chi connectivity index (χ4n) is 1.95. The van der Waals surface area contributed by atoms with Gasteiger partial charge in [-0.1, -0.05) is 61.0 Å². The summed E-state index contributed by atoms with van der Waals surface area (Å²) in [6.45, 7) is 6.16. The molecule has 0 atom stereocenters. The molecule has 2 aromatic rings. The van der Waals surface area contributed by atoms with E-state index in [0.717, 1.165) is 19.5 Å². The highest BCUT2D eigenvalue weighted by molar-refractivity contribution is 6.27. The van der Waals surface area contributed by atoms with Crippen LogP contribution in [0.1, 0.15) is 29.2 Å². The van der Waals surface area contributed by atoms with Crippen LogP contribution in [0.2, 0.25) is 0 Å². The standard InChI is InChI=1S/C17H21N.C2H2O4/c1-3-15-8-10-17(11-9-15)13-18-12-16-6-4-14(2)5-7-16;3-1(4)2(5)6/h4-11,18H,3,12-13H2,1-2H3;(H,3,4)(H,5,6). The lowest BCUT2D eigenvalue weighted by atomic mass is 10.1. The van der Waals surface area contributed by atoms with Gasteiger partial charge in [-0.3, -0.25) is 0 Å². The highest BCUT2D eigenvalue weighted by atomic mass is 16.4. The second-order valence-corrected chi connectivity index (χ2v) is 5.37. The molecule has 0 heterocycles. The molecule has 0 radical (unpaired) electrons. The summed E-state index contributed by atoms with van der Waals surface area (Å²) in [5.41, 5.74) is 5.40. The van der Waals surface area contributed by atoms with Gasteiger partial charge in [0.15, 0.2) is 0 Å². The van der Waals surface area contributed by atoms with Gasteiger partial charge in [0.2, 0.25) is 0 Å². The van der Waals surface area contributed by atoms with Gasteiger partial charge in [-0.2, -0.15) is 0 Å². The van der Waals surface area contributed by atoms with E-state index in [1.165, 1.54) is 22.3 Å². The number of hydrogen-bond acceptors (Lipinski definition) is 3. The third-order valence-corrected chi connectivity index (χ3v) is 3.39. The molecule has 0 saturated carbocycles. The maximum atomic E-state index is 9.10. The Morgan fingerprint density at radius 1 is 0.792 bits per heavy atom. The van der Waals surface area contributed by atoms with E-state index in [0.29, 0.717) is 0 Å². The molecule has 0 aromatic heterocycles. The average molecular weight is 329 g/mol. The molecule has 0 fully saturated rings. The number of carboxylic acid groups (broad SMARTS) is 2. The normalized spacial score (nSPS) is 9.75. The van der Waals surface area contributed by atoms with Crippen LogP contribution in [-0.2, 0) is 29.1 Å². The Morgan fingerprint density at radius 3 is 1.54 bits per heavy atom. The summed E-state index contributed by atoms with van der Waals surface area (Å²) in [6.07, 6.45) is 1.11. The first-order chi connectivity index (χ1) is 11.4. The van der Waals surface area contributed by atoms with E-state index >= 15 is 0 Å². The summed E-state index contributed by atoms with van der Waals surface area (Å²) in [7, 11) is 0. The van der Waals surface area contributed by atoms with Crippen LogP contribution in [0.3, 0.4) is 0 Å². The van der Waals surface area contributed by atoms with Gasteiger partial charge < -0.3 is 15.5 Å². The van der Waals surface area contributed by atoms with E-state index in [1.54, 1.807) is 0 Å². The molecule has 24 heavy (non-hydrogen) atoms. The summed E-state index contributed by atoms with van der Waals surface area (Å²) in [5, 5.41) is 18.3. The van der Waals surface area contributed by atoms with Crippen molar-refractivity contribution in [2.24, 2.45) is 0 Å². The van der Waals surface area contributed by atoms with Crippen LogP contribution < -0.4 is 5.32 Å². The van der Waals surface area contributed by atoms with Crippen molar-refractivity contribution in [1.82, 2.24) is 5.32 Å². The van der Waals surface area contributed by atoms with Crippen molar-refractivity contribution in [3.05, 3.63) is 70.8 Å². The third-order valence-electron chi connectivity index (χ3n) is 3.39. The molecule has 128 valence electrons. The average Bonchev–Trinajstić information content (AvgIpc) is 2.58. The number of aryl methyl sites for hydroxylation is 2. The SMILES string of the molecule is CCc1ccc(CNCc2ccc(C)cc2)cc1.O=C(O)C(=O)O. The second-order valence-electron chi connectivity index (χ2n) is 5.37. The van der Waals surface area contributed by atoms with Gasteiger partial charge in [0.25, 0.3) is 0 Å². The van der Waals surface area contributed by atoms with Gasteiger partial charge in [-0.15, -0.1) is 0 Å². The number of hydrogen-bond donors (Lipinski definition) is 3. The van der Waals surface area contributed by atoms with Crippen molar-refractivity contribution < 1.29 is 19.8 Å². The van der Waals surface area contributed by atoms with Crippen LogP contribution in [0.4, 0.5) is 0 Å². The minimum absolute atomic E-state index is 0.926. The zero-order chi connectivity index (χ0) is 17.9.